The average Bonchev–Trinajstić information content (AvgIpc) is 2.78. The molecule has 0 aliphatic rings. The first kappa shape index (κ1) is 33.9. The van der Waals surface area contributed by atoms with E-state index in [1.54, 1.807) is 24.3 Å². The van der Waals surface area contributed by atoms with Crippen molar-refractivity contribution in [1.82, 2.24) is 0 Å². The van der Waals surface area contributed by atoms with Crippen LogP contribution in [0, 0.1) is 14.4 Å². The van der Waals surface area contributed by atoms with E-state index in [0.29, 0.717) is 5.56 Å². The Kier molecular flexibility index (Phi) is 13.1. The van der Waals surface area contributed by atoms with Crippen LogP contribution in [0.5, 0.6) is 0 Å². The molecule has 0 amide bonds. The summed E-state index contributed by atoms with van der Waals surface area (Å²) in [6.07, 6.45) is 0. The monoisotopic (exact) mass is 631 g/mol. The van der Waals surface area contributed by atoms with Gasteiger partial charge in [0.2, 0.25) is 0 Å². The van der Waals surface area contributed by atoms with Crippen molar-refractivity contribution in [2.75, 3.05) is 0 Å². The molecule has 0 unspecified atom stereocenters. The zero-order valence-electron chi connectivity index (χ0n) is 19.1. The number of nitrogens with zero attached hydrogens (tertiary/aromatic N) is 1. The van der Waals surface area contributed by atoms with E-state index in [1.165, 1.54) is 0 Å². The number of benzene rings is 3. The zero-order chi connectivity index (χ0) is 25.6. The summed E-state index contributed by atoms with van der Waals surface area (Å²) in [6, 6.07) is 23.3. The van der Waals surface area contributed by atoms with Gasteiger partial charge in [-0.25, -0.2) is 8.42 Å². The summed E-state index contributed by atoms with van der Waals surface area (Å²) in [5.41, 5.74) is 5.50. The van der Waals surface area contributed by atoms with Gasteiger partial charge < -0.3 is 17.9 Å². The maximum atomic E-state index is 12.8. The summed E-state index contributed by atoms with van der Waals surface area (Å²) in [5.74, 6) is 0. The van der Waals surface area contributed by atoms with Crippen molar-refractivity contribution in [1.29, 1.82) is 0 Å². The number of sulfonamides is 1. The van der Waals surface area contributed by atoms with E-state index in [4.69, 9.17) is 18.7 Å². The van der Waals surface area contributed by atoms with E-state index in [-0.39, 0.29) is 31.8 Å². The summed E-state index contributed by atoms with van der Waals surface area (Å²) in [6.45, 7) is 1.90. The molecule has 0 saturated carbocycles. The molecule has 0 saturated heterocycles. The first-order chi connectivity index (χ1) is 15.7. The third-order valence-corrected chi connectivity index (χ3v) is 6.44. The van der Waals surface area contributed by atoms with Crippen LogP contribution in [-0.2, 0) is 39.6 Å². The number of hydrogen-bond donors (Lipinski definition) is 1. The second-order valence-electron chi connectivity index (χ2n) is 7.06. The molecule has 0 aliphatic carbocycles. The fourth-order valence-corrected chi connectivity index (χ4v) is 3.87. The summed E-state index contributed by atoms with van der Waals surface area (Å²) in [4.78, 5) is 0.143. The molecule has 197 valence electrons. The van der Waals surface area contributed by atoms with E-state index in [0.717, 1.165) is 11.1 Å². The Balaban J connectivity index is 0.00000107. The molecule has 7 nitrogen and oxygen atoms in total. The van der Waals surface area contributed by atoms with Gasteiger partial charge in [-0.1, -0.05) is 89.5 Å². The third-order valence-electron chi connectivity index (χ3n) is 4.48. The third kappa shape index (κ3) is 9.72. The second-order valence-corrected chi connectivity index (χ2v) is 10.1. The number of nitrogens with one attached hydrogen (secondary N) is 1. The standard InChI is InChI=1S/C21H20N2O2S.CHF3O3S.CH3.Ru/c1-16-12-14-19(15-13-16)26(24,25)23-21(18-10-6-3-7-11-18)20(22)17-8-4-2-5-9-17;2-1(3,4)8(5,6)7;;/h2-15,20-22H,1H3;(H,5,6,7);1H3;/q-2;;-1;+3/t20-,21-;;;/m1.../s1. The molecule has 2 atom stereocenters. The minimum Gasteiger partial charge on any atom is -0.672 e. The molecule has 13 heteroatoms. The van der Waals surface area contributed by atoms with Crippen molar-refractivity contribution >= 4 is 20.1 Å². The van der Waals surface area contributed by atoms with Crippen LogP contribution in [0.3, 0.4) is 0 Å². The van der Waals surface area contributed by atoms with E-state index < -0.39 is 37.7 Å². The molecule has 36 heavy (non-hydrogen) atoms. The van der Waals surface area contributed by atoms with Gasteiger partial charge in [0.25, 0.3) is 0 Å². The first-order valence-electron chi connectivity index (χ1n) is 9.61. The number of alkyl halides is 3. The van der Waals surface area contributed by atoms with Crippen molar-refractivity contribution in [3.05, 3.63) is 120 Å². The van der Waals surface area contributed by atoms with Crippen molar-refractivity contribution in [2.24, 2.45) is 0 Å². The summed E-state index contributed by atoms with van der Waals surface area (Å²) >= 11 is 0. The Morgan fingerprint density at radius 2 is 1.19 bits per heavy atom. The SMILES string of the molecule is Cc1ccc(S(=O)(=O)[N-][C@H](c2ccccc2)[C@H]([NH-])c2ccccc2)cc1.O=S(=O)(O)C(F)(F)F.[CH3-].[Ru+3]. The van der Waals surface area contributed by atoms with Crippen molar-refractivity contribution in [2.45, 2.75) is 29.4 Å². The molecule has 0 bridgehead atoms. The van der Waals surface area contributed by atoms with Crippen LogP contribution in [0.15, 0.2) is 89.8 Å². The van der Waals surface area contributed by atoms with Crippen molar-refractivity contribution in [3.8, 4) is 0 Å². The molecular weight excluding hydrogens is 606 g/mol. The number of rotatable bonds is 6. The topological polar surface area (TPSA) is 126 Å². The maximum Gasteiger partial charge on any atom is 3.00 e. The quantitative estimate of drug-likeness (QED) is 0.145. The molecular formula is C23H24F3N2O5RuS2. The predicted octanol–water partition coefficient (Wildman–Crippen LogP) is 6.43. The van der Waals surface area contributed by atoms with Crippen LogP contribution >= 0.6 is 0 Å². The van der Waals surface area contributed by atoms with Crippen molar-refractivity contribution < 1.29 is 54.0 Å². The van der Waals surface area contributed by atoms with Crippen LogP contribution < -0.4 is 0 Å². The van der Waals surface area contributed by atoms with Gasteiger partial charge in [-0.3, -0.25) is 4.55 Å². The smallest absolute Gasteiger partial charge is 0.672 e. The fourth-order valence-electron chi connectivity index (χ4n) is 2.73. The van der Waals surface area contributed by atoms with E-state index in [1.807, 2.05) is 67.6 Å². The predicted molar refractivity (Wildman–Crippen MR) is 128 cm³/mol. The number of hydrogen-bond acceptors (Lipinski definition) is 4. The average molecular weight is 631 g/mol. The Labute approximate surface area is 222 Å². The van der Waals surface area contributed by atoms with Crippen LogP contribution in [0.2, 0.25) is 0 Å². The van der Waals surface area contributed by atoms with Gasteiger partial charge in [0.15, 0.2) is 0 Å². The Hall–Kier alpha value is -2.15. The molecule has 3 rings (SSSR count). The maximum absolute atomic E-state index is 12.8. The summed E-state index contributed by atoms with van der Waals surface area (Å²) in [7, 11) is -9.71. The summed E-state index contributed by atoms with van der Waals surface area (Å²) < 4.78 is 87.3. The molecule has 0 spiro atoms. The van der Waals surface area contributed by atoms with Gasteiger partial charge in [0, 0.05) is 4.90 Å². The minimum atomic E-state index is -5.84. The molecule has 3 aromatic carbocycles. The van der Waals surface area contributed by atoms with Crippen LogP contribution in [0.4, 0.5) is 13.2 Å². The van der Waals surface area contributed by atoms with Gasteiger partial charge in [-0.2, -0.15) is 21.6 Å². The zero-order valence-corrected chi connectivity index (χ0v) is 22.4. The Morgan fingerprint density at radius 1 is 0.806 bits per heavy atom. The van der Waals surface area contributed by atoms with Gasteiger partial charge in [0.1, 0.15) is 10.0 Å². The number of halogens is 3. The first-order valence-corrected chi connectivity index (χ1v) is 12.5. The fraction of sp³-hybridized carbons (Fsp3) is 0.174. The largest absolute Gasteiger partial charge is 3.00 e. The molecule has 1 radical (unpaired) electrons. The molecule has 0 heterocycles. The van der Waals surface area contributed by atoms with Crippen LogP contribution in [0.1, 0.15) is 28.8 Å². The van der Waals surface area contributed by atoms with Crippen molar-refractivity contribution in [3.63, 3.8) is 0 Å². The van der Waals surface area contributed by atoms with E-state index in [2.05, 4.69) is 4.72 Å². The normalized spacial score (nSPS) is 13.2. The van der Waals surface area contributed by atoms with Gasteiger partial charge >= 0.3 is 35.1 Å². The molecule has 0 aliphatic heterocycles. The second kappa shape index (κ2) is 14.0. The Bertz CT molecular complexity index is 1270. The molecule has 3 aromatic rings. The molecule has 0 fully saturated rings. The van der Waals surface area contributed by atoms with Gasteiger partial charge in [-0.15, -0.1) is 12.1 Å². The van der Waals surface area contributed by atoms with Gasteiger partial charge in [0.05, 0.1) is 0 Å². The number of aryl methyl sites for hydroxylation is 1. The minimum absolute atomic E-state index is 0. The van der Waals surface area contributed by atoms with E-state index >= 15 is 0 Å². The Morgan fingerprint density at radius 3 is 1.58 bits per heavy atom. The van der Waals surface area contributed by atoms with E-state index in [9.17, 15) is 21.6 Å². The van der Waals surface area contributed by atoms with Crippen LogP contribution in [-0.4, -0.2) is 26.9 Å². The molecule has 2 N–H and O–H groups in total. The molecule has 0 aromatic heterocycles. The van der Waals surface area contributed by atoms with Crippen LogP contribution in [0.25, 0.3) is 10.5 Å². The summed E-state index contributed by atoms with van der Waals surface area (Å²) in [5, 5.41) is 0. The van der Waals surface area contributed by atoms with Gasteiger partial charge in [-0.05, 0) is 19.1 Å².